The van der Waals surface area contributed by atoms with E-state index in [0.29, 0.717) is 17.6 Å². The van der Waals surface area contributed by atoms with Gasteiger partial charge < -0.3 is 20.3 Å². The quantitative estimate of drug-likeness (QED) is 0.273. The molecule has 4 rings (SSSR count). The van der Waals surface area contributed by atoms with E-state index >= 15 is 0 Å². The molecule has 1 aliphatic heterocycles. The largest absolute Gasteiger partial charge is 0.378 e. The Morgan fingerprint density at radius 3 is 2.71 bits per heavy atom. The summed E-state index contributed by atoms with van der Waals surface area (Å²) in [5.74, 6) is 0.898. The van der Waals surface area contributed by atoms with Crippen LogP contribution >= 0.6 is 24.0 Å². The summed E-state index contributed by atoms with van der Waals surface area (Å²) in [6.07, 6.45) is 9.84. The highest BCUT2D eigenvalue weighted by molar-refractivity contribution is 14.0. The number of halogens is 1. The van der Waals surface area contributed by atoms with Crippen LogP contribution in [0.5, 0.6) is 0 Å². The van der Waals surface area contributed by atoms with Gasteiger partial charge in [-0.25, -0.2) is 0 Å². The highest BCUT2D eigenvalue weighted by Gasteiger charge is 2.59. The highest BCUT2D eigenvalue weighted by Crippen LogP contribution is 2.57. The standard InChI is InChI=1S/C22H32N4O.HI/c1-3-27-20-15-19(22(20)10-7-11-22)25-21(23-2)24-16-17-8-6-9-18(14-17)26-12-4-5-13-26;/h4-6,8-9,14,19-20H,3,7,10-13,15-16H2,1-2H3,(H2,23,24,25);1H. The maximum Gasteiger partial charge on any atom is 0.191 e. The second-order valence-electron chi connectivity index (χ2n) is 7.94. The molecule has 0 aromatic heterocycles. The molecule has 0 bridgehead atoms. The van der Waals surface area contributed by atoms with Gasteiger partial charge in [0.15, 0.2) is 5.96 Å². The molecule has 0 saturated heterocycles. The number of rotatable bonds is 6. The Morgan fingerprint density at radius 2 is 2.07 bits per heavy atom. The predicted molar refractivity (Wildman–Crippen MR) is 127 cm³/mol. The first-order valence-corrected chi connectivity index (χ1v) is 10.3. The van der Waals surface area contributed by atoms with Crippen molar-refractivity contribution < 1.29 is 4.74 Å². The lowest BCUT2D eigenvalue weighted by Crippen LogP contribution is -2.68. The van der Waals surface area contributed by atoms with E-state index in [2.05, 4.69) is 63.9 Å². The molecule has 2 aliphatic carbocycles. The third kappa shape index (κ3) is 4.17. The lowest BCUT2D eigenvalue weighted by Gasteiger charge is -2.61. The molecule has 2 saturated carbocycles. The molecule has 2 N–H and O–H groups in total. The van der Waals surface area contributed by atoms with Crippen LogP contribution in [0.25, 0.3) is 0 Å². The van der Waals surface area contributed by atoms with Crippen LogP contribution in [0.1, 0.15) is 38.2 Å². The van der Waals surface area contributed by atoms with Gasteiger partial charge >= 0.3 is 0 Å². The van der Waals surface area contributed by atoms with Gasteiger partial charge in [-0.3, -0.25) is 4.99 Å². The zero-order valence-electron chi connectivity index (χ0n) is 17.0. The van der Waals surface area contributed by atoms with Crippen LogP contribution < -0.4 is 15.5 Å². The van der Waals surface area contributed by atoms with E-state index in [9.17, 15) is 0 Å². The van der Waals surface area contributed by atoms with E-state index in [1.54, 1.807) is 0 Å². The predicted octanol–water partition coefficient (Wildman–Crippen LogP) is 3.69. The number of hydrogen-bond donors (Lipinski definition) is 2. The zero-order chi connectivity index (χ0) is 18.7. The summed E-state index contributed by atoms with van der Waals surface area (Å²) in [7, 11) is 1.85. The van der Waals surface area contributed by atoms with Crippen LogP contribution in [0.15, 0.2) is 41.4 Å². The third-order valence-electron chi connectivity index (χ3n) is 6.53. The number of nitrogens with one attached hydrogen (secondary N) is 2. The molecule has 1 heterocycles. The van der Waals surface area contributed by atoms with Crippen molar-refractivity contribution in [2.24, 2.45) is 10.4 Å². The molecule has 2 unspecified atom stereocenters. The number of aliphatic imine (C=N–C) groups is 1. The second kappa shape index (κ2) is 9.48. The first-order chi connectivity index (χ1) is 13.2. The fraction of sp³-hybridized carbons (Fsp3) is 0.591. The Hall–Kier alpha value is -1.28. The molecule has 3 aliphatic rings. The first kappa shape index (κ1) is 21.4. The van der Waals surface area contributed by atoms with Crippen molar-refractivity contribution in [1.82, 2.24) is 10.6 Å². The van der Waals surface area contributed by atoms with Crippen molar-refractivity contribution in [3.8, 4) is 0 Å². The fourth-order valence-electron chi connectivity index (χ4n) is 4.74. The lowest BCUT2D eigenvalue weighted by molar-refractivity contribution is -0.168. The van der Waals surface area contributed by atoms with Crippen molar-refractivity contribution in [3.63, 3.8) is 0 Å². The Balaban J connectivity index is 0.00000225. The summed E-state index contributed by atoms with van der Waals surface area (Å²) < 4.78 is 5.96. The number of guanidine groups is 1. The van der Waals surface area contributed by atoms with Gasteiger partial charge in [-0.1, -0.05) is 30.7 Å². The van der Waals surface area contributed by atoms with Crippen LogP contribution in [0, 0.1) is 5.41 Å². The van der Waals surface area contributed by atoms with E-state index in [1.807, 2.05) is 7.05 Å². The van der Waals surface area contributed by atoms with Crippen molar-refractivity contribution in [2.75, 3.05) is 31.6 Å². The highest BCUT2D eigenvalue weighted by atomic mass is 127. The van der Waals surface area contributed by atoms with E-state index in [0.717, 1.165) is 38.6 Å². The minimum Gasteiger partial charge on any atom is -0.378 e. The van der Waals surface area contributed by atoms with Gasteiger partial charge in [0.25, 0.3) is 0 Å². The fourth-order valence-corrected chi connectivity index (χ4v) is 4.74. The van der Waals surface area contributed by atoms with Gasteiger partial charge in [0.05, 0.1) is 6.10 Å². The van der Waals surface area contributed by atoms with Gasteiger partial charge in [0, 0.05) is 50.4 Å². The topological polar surface area (TPSA) is 48.9 Å². The molecule has 1 aromatic carbocycles. The van der Waals surface area contributed by atoms with Gasteiger partial charge in [-0.2, -0.15) is 0 Å². The lowest BCUT2D eigenvalue weighted by atomic mass is 9.51. The second-order valence-corrected chi connectivity index (χ2v) is 7.94. The Morgan fingerprint density at radius 1 is 1.29 bits per heavy atom. The van der Waals surface area contributed by atoms with E-state index in [1.165, 1.54) is 30.5 Å². The number of benzene rings is 1. The van der Waals surface area contributed by atoms with Gasteiger partial charge in [-0.15, -0.1) is 24.0 Å². The maximum atomic E-state index is 5.96. The van der Waals surface area contributed by atoms with Gasteiger partial charge in [-0.05, 0) is 43.9 Å². The minimum absolute atomic E-state index is 0. The van der Waals surface area contributed by atoms with Crippen molar-refractivity contribution in [1.29, 1.82) is 0 Å². The molecule has 0 radical (unpaired) electrons. The van der Waals surface area contributed by atoms with Gasteiger partial charge in [0.2, 0.25) is 0 Å². The SMILES string of the molecule is CCOC1CC(NC(=NC)NCc2cccc(N3CC=CC3)c2)C12CCC2.I. The molecule has 154 valence electrons. The number of hydrogen-bond acceptors (Lipinski definition) is 3. The molecule has 6 heteroatoms. The molecule has 1 aromatic rings. The Bertz CT molecular complexity index is 708. The smallest absolute Gasteiger partial charge is 0.191 e. The minimum atomic E-state index is 0. The molecular formula is C22H33IN4O. The van der Waals surface area contributed by atoms with E-state index in [4.69, 9.17) is 4.74 Å². The maximum absolute atomic E-state index is 5.96. The van der Waals surface area contributed by atoms with E-state index in [-0.39, 0.29) is 24.0 Å². The summed E-state index contributed by atoms with van der Waals surface area (Å²) in [4.78, 5) is 6.83. The molecule has 0 amide bonds. The van der Waals surface area contributed by atoms with Crippen LogP contribution in [0.3, 0.4) is 0 Å². The van der Waals surface area contributed by atoms with Gasteiger partial charge in [0.1, 0.15) is 0 Å². The molecule has 1 spiro atoms. The van der Waals surface area contributed by atoms with Crippen LogP contribution in [0.2, 0.25) is 0 Å². The number of anilines is 1. The molecule has 5 nitrogen and oxygen atoms in total. The third-order valence-corrected chi connectivity index (χ3v) is 6.53. The van der Waals surface area contributed by atoms with Crippen LogP contribution in [-0.4, -0.2) is 44.8 Å². The molecular weight excluding hydrogens is 463 g/mol. The Labute approximate surface area is 186 Å². The normalized spacial score (nSPS) is 25.1. The number of ether oxygens (including phenoxy) is 1. The molecule has 2 atom stereocenters. The molecule has 28 heavy (non-hydrogen) atoms. The summed E-state index contributed by atoms with van der Waals surface area (Å²) >= 11 is 0. The van der Waals surface area contributed by atoms with Crippen molar-refractivity contribution >= 4 is 35.6 Å². The molecule has 2 fully saturated rings. The summed E-state index contributed by atoms with van der Waals surface area (Å²) in [5, 5.41) is 7.16. The Kier molecular flexibility index (Phi) is 7.25. The zero-order valence-corrected chi connectivity index (χ0v) is 19.3. The summed E-state index contributed by atoms with van der Waals surface area (Å²) in [6.45, 7) is 5.70. The summed E-state index contributed by atoms with van der Waals surface area (Å²) in [5.41, 5.74) is 2.91. The average Bonchev–Trinajstić information content (AvgIpc) is 3.17. The van der Waals surface area contributed by atoms with Crippen LogP contribution in [-0.2, 0) is 11.3 Å². The number of nitrogens with zero attached hydrogens (tertiary/aromatic N) is 2. The summed E-state index contributed by atoms with van der Waals surface area (Å²) in [6, 6.07) is 9.26. The average molecular weight is 496 g/mol. The van der Waals surface area contributed by atoms with E-state index < -0.39 is 0 Å². The van der Waals surface area contributed by atoms with Crippen LogP contribution in [0.4, 0.5) is 5.69 Å². The first-order valence-electron chi connectivity index (χ1n) is 10.3. The van der Waals surface area contributed by atoms with Crippen molar-refractivity contribution in [3.05, 3.63) is 42.0 Å². The van der Waals surface area contributed by atoms with Crippen molar-refractivity contribution in [2.45, 2.75) is 51.3 Å². The monoisotopic (exact) mass is 496 g/mol.